The normalized spacial score (nSPS) is 20.6. The van der Waals surface area contributed by atoms with Crippen LogP contribution < -0.4 is 4.74 Å². The summed E-state index contributed by atoms with van der Waals surface area (Å²) in [6.45, 7) is -0.715. The zero-order valence-electron chi connectivity index (χ0n) is 17.7. The number of aliphatic hydroxyl groups excluding tert-OH is 3. The lowest BCUT2D eigenvalue weighted by atomic mass is 10.1. The van der Waals surface area contributed by atoms with Gasteiger partial charge >= 0.3 is 6.36 Å². The molecule has 4 rings (SSSR count). The van der Waals surface area contributed by atoms with Crippen molar-refractivity contribution in [1.82, 2.24) is 15.0 Å². The van der Waals surface area contributed by atoms with E-state index in [1.807, 2.05) is 0 Å². The number of thioether (sulfide) groups is 1. The second-order valence-electron chi connectivity index (χ2n) is 7.33. The highest BCUT2D eigenvalue weighted by molar-refractivity contribution is 7.99. The highest BCUT2D eigenvalue weighted by Crippen LogP contribution is 2.38. The summed E-state index contributed by atoms with van der Waals surface area (Å²) in [4.78, 5) is 0.350. The molecule has 0 spiro atoms. The van der Waals surface area contributed by atoms with E-state index in [0.717, 1.165) is 34.8 Å². The molecule has 2 heterocycles. The Labute approximate surface area is 202 Å². The predicted octanol–water partition coefficient (Wildman–Crippen LogP) is 3.86. The van der Waals surface area contributed by atoms with Crippen molar-refractivity contribution in [3.8, 4) is 17.0 Å². The van der Waals surface area contributed by atoms with Crippen molar-refractivity contribution >= 4 is 17.5 Å². The summed E-state index contributed by atoms with van der Waals surface area (Å²) in [5, 5.41) is 38.5. The van der Waals surface area contributed by atoms with Gasteiger partial charge in [0.05, 0.1) is 12.8 Å². The van der Waals surface area contributed by atoms with Crippen LogP contribution >= 0.6 is 11.8 Å². The van der Waals surface area contributed by atoms with Crippen LogP contribution in [0.5, 0.6) is 5.75 Å². The fourth-order valence-corrected chi connectivity index (χ4v) is 4.30. The molecule has 2 unspecified atom stereocenters. The number of halogens is 6. The molecule has 0 amide bonds. The quantitative estimate of drug-likeness (QED) is 0.323. The Bertz CT molecular complexity index is 1260. The van der Waals surface area contributed by atoms with Gasteiger partial charge in [-0.25, -0.2) is 17.9 Å². The molecule has 192 valence electrons. The summed E-state index contributed by atoms with van der Waals surface area (Å²) in [6, 6.07) is 6.02. The number of hydrogen-bond acceptors (Lipinski definition) is 8. The largest absolute Gasteiger partial charge is 0.573 e. The third-order valence-corrected chi connectivity index (χ3v) is 6.04. The van der Waals surface area contributed by atoms with Crippen LogP contribution in [-0.2, 0) is 4.74 Å². The molecule has 2 aromatic carbocycles. The first-order chi connectivity index (χ1) is 17.0. The number of hydrogen-bond donors (Lipinski definition) is 3. The van der Waals surface area contributed by atoms with Gasteiger partial charge in [-0.2, -0.15) is 0 Å². The lowest BCUT2D eigenvalue weighted by Crippen LogP contribution is -2.42. The fourth-order valence-electron chi connectivity index (χ4n) is 3.29. The number of aromatic nitrogens is 3. The van der Waals surface area contributed by atoms with Gasteiger partial charge in [0.25, 0.3) is 0 Å². The van der Waals surface area contributed by atoms with Crippen LogP contribution in [0.25, 0.3) is 17.0 Å². The number of nitrogens with zero attached hydrogens (tertiary/aromatic N) is 3. The second kappa shape index (κ2) is 10.0. The molecular formula is C21H15F6N3O5S. The van der Waals surface area contributed by atoms with Gasteiger partial charge in [-0.15, -0.1) is 18.3 Å². The van der Waals surface area contributed by atoms with Crippen LogP contribution in [0, 0.1) is 17.5 Å². The van der Waals surface area contributed by atoms with Gasteiger partial charge in [0, 0.05) is 10.5 Å². The van der Waals surface area contributed by atoms with Crippen LogP contribution in [-0.4, -0.2) is 60.9 Å². The van der Waals surface area contributed by atoms with Gasteiger partial charge in [0.1, 0.15) is 40.5 Å². The highest BCUT2D eigenvalue weighted by atomic mass is 32.2. The van der Waals surface area contributed by atoms with Crippen molar-refractivity contribution in [3.63, 3.8) is 0 Å². The van der Waals surface area contributed by atoms with Crippen LogP contribution in [0.1, 0.15) is 0 Å². The Hall–Kier alpha value is -3.27. The van der Waals surface area contributed by atoms with Crippen molar-refractivity contribution < 1.29 is 51.1 Å². The zero-order chi connectivity index (χ0) is 26.2. The number of rotatable bonds is 6. The summed E-state index contributed by atoms with van der Waals surface area (Å²) in [5.74, 6) is -5.67. The number of benzene rings is 2. The number of aliphatic hydroxyl groups is 3. The molecule has 0 radical (unpaired) electrons. The van der Waals surface area contributed by atoms with Gasteiger partial charge in [-0.1, -0.05) is 17.0 Å². The topological polar surface area (TPSA) is 110 Å². The number of ether oxygens (including phenoxy) is 2. The van der Waals surface area contributed by atoms with E-state index in [4.69, 9.17) is 4.74 Å². The fraction of sp³-hybridized carbons (Fsp3) is 0.238. The SMILES string of the molecule is OCC1O[C@H](Sc2ccc(OC(F)(F)F)cc2)C(O)C(n2cc(-c3cc(F)c(F)c(F)c3)nn2)=C1O. The Morgan fingerprint density at radius 1 is 1.08 bits per heavy atom. The standard InChI is InChI=1S/C21H15F6N3O5S/c22-12-5-9(6-13(23)16(12)24)14-7-30(29-28-14)17-18(32)15(8-31)34-20(19(17)33)36-11-3-1-10(2-4-11)35-21(25,26)27/h1-7,15,19-20,31-33H,8H2/t15?,19?,20-/m1/s1. The molecule has 1 aliphatic heterocycles. The molecule has 36 heavy (non-hydrogen) atoms. The summed E-state index contributed by atoms with van der Waals surface area (Å²) in [6.07, 6.45) is -6.70. The highest BCUT2D eigenvalue weighted by Gasteiger charge is 2.39. The summed E-state index contributed by atoms with van der Waals surface area (Å²) in [7, 11) is 0. The van der Waals surface area contributed by atoms with Crippen LogP contribution in [0.4, 0.5) is 26.3 Å². The molecule has 3 N–H and O–H groups in total. The first-order valence-electron chi connectivity index (χ1n) is 9.94. The van der Waals surface area contributed by atoms with Crippen molar-refractivity contribution in [3.05, 3.63) is 65.8 Å². The van der Waals surface area contributed by atoms with Crippen LogP contribution in [0.15, 0.2) is 53.2 Å². The smallest absolute Gasteiger partial charge is 0.507 e. The minimum Gasteiger partial charge on any atom is -0.507 e. The van der Waals surface area contributed by atoms with Crippen molar-refractivity contribution in [2.45, 2.75) is 28.9 Å². The second-order valence-corrected chi connectivity index (χ2v) is 8.50. The Morgan fingerprint density at radius 2 is 1.72 bits per heavy atom. The number of alkyl halides is 3. The maximum Gasteiger partial charge on any atom is 0.573 e. The molecule has 8 nitrogen and oxygen atoms in total. The van der Waals surface area contributed by atoms with E-state index in [2.05, 4.69) is 15.0 Å². The molecule has 3 atom stereocenters. The molecule has 0 saturated heterocycles. The maximum atomic E-state index is 13.6. The van der Waals surface area contributed by atoms with Gasteiger partial charge in [-0.05, 0) is 36.4 Å². The first-order valence-corrected chi connectivity index (χ1v) is 10.8. The molecule has 0 fully saturated rings. The van der Waals surface area contributed by atoms with Crippen molar-refractivity contribution in [2.24, 2.45) is 0 Å². The molecule has 1 aromatic heterocycles. The van der Waals surface area contributed by atoms with E-state index < -0.39 is 59.6 Å². The summed E-state index contributed by atoms with van der Waals surface area (Å²) < 4.78 is 87.7. The molecular weight excluding hydrogens is 520 g/mol. The van der Waals surface area contributed by atoms with Gasteiger partial charge in [0.2, 0.25) is 0 Å². The molecule has 3 aromatic rings. The molecule has 0 aliphatic carbocycles. The van der Waals surface area contributed by atoms with E-state index in [1.165, 1.54) is 12.1 Å². The lowest BCUT2D eigenvalue weighted by Gasteiger charge is -2.34. The maximum absolute atomic E-state index is 13.6. The van der Waals surface area contributed by atoms with Crippen LogP contribution in [0.3, 0.4) is 0 Å². The third kappa shape index (κ3) is 5.43. The average molecular weight is 535 g/mol. The minimum absolute atomic E-state index is 0.128. The van der Waals surface area contributed by atoms with E-state index in [9.17, 15) is 41.7 Å². The zero-order valence-corrected chi connectivity index (χ0v) is 18.5. The Morgan fingerprint density at radius 3 is 2.31 bits per heavy atom. The molecule has 0 saturated carbocycles. The summed E-state index contributed by atoms with van der Waals surface area (Å²) in [5.41, 5.74) is -1.77. The Balaban J connectivity index is 1.60. The van der Waals surface area contributed by atoms with Gasteiger partial charge in [-0.3, -0.25) is 0 Å². The monoisotopic (exact) mass is 535 g/mol. The van der Waals surface area contributed by atoms with Crippen LogP contribution in [0.2, 0.25) is 0 Å². The molecule has 1 aliphatic rings. The minimum atomic E-state index is -4.87. The van der Waals surface area contributed by atoms with Crippen molar-refractivity contribution in [2.75, 3.05) is 6.61 Å². The molecule has 0 bridgehead atoms. The molecule has 15 heteroatoms. The van der Waals surface area contributed by atoms with Crippen molar-refractivity contribution in [1.29, 1.82) is 0 Å². The third-order valence-electron chi connectivity index (χ3n) is 4.90. The van der Waals surface area contributed by atoms with Gasteiger partial charge in [0.15, 0.2) is 17.5 Å². The van der Waals surface area contributed by atoms with E-state index in [1.54, 1.807) is 0 Å². The first kappa shape index (κ1) is 25.8. The van der Waals surface area contributed by atoms with E-state index in [-0.39, 0.29) is 17.0 Å². The Kier molecular flexibility index (Phi) is 7.17. The van der Waals surface area contributed by atoms with E-state index >= 15 is 0 Å². The lowest BCUT2D eigenvalue weighted by molar-refractivity contribution is -0.274. The summed E-state index contributed by atoms with van der Waals surface area (Å²) >= 11 is 0.860. The predicted molar refractivity (Wildman–Crippen MR) is 112 cm³/mol. The van der Waals surface area contributed by atoms with E-state index in [0.29, 0.717) is 17.0 Å². The average Bonchev–Trinajstić information content (AvgIpc) is 3.29. The van der Waals surface area contributed by atoms with Gasteiger partial charge < -0.3 is 24.8 Å².